The zero-order valence-electron chi connectivity index (χ0n) is 14.0. The molecule has 24 heavy (non-hydrogen) atoms. The van der Waals surface area contributed by atoms with Gasteiger partial charge in [-0.25, -0.2) is 5.10 Å². The average molecular weight is 326 g/mol. The lowest BCUT2D eigenvalue weighted by Crippen LogP contribution is -2.32. The number of nitrogens with zero attached hydrogens (tertiary/aromatic N) is 1. The molecule has 0 aliphatic carbocycles. The lowest BCUT2D eigenvalue weighted by Gasteiger charge is -2.11. The van der Waals surface area contributed by atoms with Crippen molar-refractivity contribution in [2.45, 2.75) is 46.3 Å². The summed E-state index contributed by atoms with van der Waals surface area (Å²) in [6.45, 7) is 6.05. The lowest BCUT2D eigenvalue weighted by molar-refractivity contribution is 0.0948. The second-order valence-corrected chi connectivity index (χ2v) is 5.95. The van der Waals surface area contributed by atoms with Crippen LogP contribution < -0.4 is 16.2 Å². The van der Waals surface area contributed by atoms with Gasteiger partial charge in [0.15, 0.2) is 0 Å². The van der Waals surface area contributed by atoms with Gasteiger partial charge in [-0.2, -0.15) is 5.10 Å². The van der Waals surface area contributed by atoms with E-state index in [2.05, 4.69) is 33.0 Å². The van der Waals surface area contributed by atoms with E-state index in [1.807, 2.05) is 19.9 Å². The summed E-state index contributed by atoms with van der Waals surface area (Å²) in [7, 11) is 0. The number of fused-ring (bicyclic) bond motifs is 1. The minimum atomic E-state index is -0.431. The standard InChI is InChI=1S/C18H22N4O2/c1-3-14-15(4-2)21-22-18(24)16(14)17(23)20-8-11-5-6-12-9-19-10-13(12)7-11/h5-7,19H,3-4,8-10H2,1-2H3,(H,20,23)(H,22,24). The number of aromatic amines is 1. The van der Waals surface area contributed by atoms with Gasteiger partial charge in [-0.05, 0) is 35.1 Å². The van der Waals surface area contributed by atoms with Gasteiger partial charge in [0.25, 0.3) is 11.5 Å². The fourth-order valence-electron chi connectivity index (χ4n) is 3.17. The summed E-state index contributed by atoms with van der Waals surface area (Å²) in [5, 5.41) is 12.6. The molecular formula is C18H22N4O2. The van der Waals surface area contributed by atoms with Gasteiger partial charge in [0.2, 0.25) is 0 Å². The van der Waals surface area contributed by atoms with E-state index in [0.29, 0.717) is 19.4 Å². The van der Waals surface area contributed by atoms with Crippen LogP contribution in [0.1, 0.15) is 52.2 Å². The van der Waals surface area contributed by atoms with Gasteiger partial charge in [-0.1, -0.05) is 32.0 Å². The summed E-state index contributed by atoms with van der Waals surface area (Å²) in [6.07, 6.45) is 1.28. The number of carbonyl (C=O) groups is 1. The number of amides is 1. The van der Waals surface area contributed by atoms with E-state index >= 15 is 0 Å². The number of rotatable bonds is 5. The maximum Gasteiger partial charge on any atom is 0.277 e. The van der Waals surface area contributed by atoms with Gasteiger partial charge in [0.05, 0.1) is 5.69 Å². The van der Waals surface area contributed by atoms with E-state index in [0.717, 1.165) is 29.9 Å². The molecule has 126 valence electrons. The summed E-state index contributed by atoms with van der Waals surface area (Å²) in [6, 6.07) is 6.20. The Morgan fingerprint density at radius 1 is 1.21 bits per heavy atom. The number of H-pyrrole nitrogens is 1. The first kappa shape index (κ1) is 16.4. The minimum Gasteiger partial charge on any atom is -0.348 e. The molecule has 3 N–H and O–H groups in total. The summed E-state index contributed by atoms with van der Waals surface area (Å²) < 4.78 is 0. The largest absolute Gasteiger partial charge is 0.348 e. The topological polar surface area (TPSA) is 86.9 Å². The highest BCUT2D eigenvalue weighted by atomic mass is 16.2. The van der Waals surface area contributed by atoms with Crippen molar-refractivity contribution in [2.75, 3.05) is 0 Å². The van der Waals surface area contributed by atoms with Crippen molar-refractivity contribution < 1.29 is 4.79 Å². The maximum atomic E-state index is 12.5. The van der Waals surface area contributed by atoms with Crippen LogP contribution in [0.3, 0.4) is 0 Å². The Morgan fingerprint density at radius 2 is 2.00 bits per heavy atom. The molecule has 1 aromatic heterocycles. The molecule has 0 atom stereocenters. The number of hydrogen-bond donors (Lipinski definition) is 3. The number of hydrogen-bond acceptors (Lipinski definition) is 4. The zero-order chi connectivity index (χ0) is 17.1. The lowest BCUT2D eigenvalue weighted by atomic mass is 10.0. The number of aromatic nitrogens is 2. The molecule has 0 saturated carbocycles. The Labute approximate surface area is 140 Å². The predicted molar refractivity (Wildman–Crippen MR) is 91.8 cm³/mol. The van der Waals surface area contributed by atoms with E-state index < -0.39 is 5.56 Å². The van der Waals surface area contributed by atoms with Crippen molar-refractivity contribution in [1.29, 1.82) is 0 Å². The molecular weight excluding hydrogens is 304 g/mol. The van der Waals surface area contributed by atoms with E-state index in [1.165, 1.54) is 11.1 Å². The number of aryl methyl sites for hydroxylation is 1. The summed E-state index contributed by atoms with van der Waals surface area (Å²) in [5.74, 6) is -0.344. The van der Waals surface area contributed by atoms with Gasteiger partial charge >= 0.3 is 0 Å². The third kappa shape index (κ3) is 3.10. The molecule has 0 fully saturated rings. The molecule has 6 heteroatoms. The van der Waals surface area contributed by atoms with Gasteiger partial charge in [-0.3, -0.25) is 9.59 Å². The molecule has 3 rings (SSSR count). The normalized spacial score (nSPS) is 12.9. The third-order valence-corrected chi connectivity index (χ3v) is 4.44. The molecule has 0 radical (unpaired) electrons. The molecule has 1 aliphatic rings. The first-order valence-corrected chi connectivity index (χ1v) is 8.34. The average Bonchev–Trinajstić information content (AvgIpc) is 3.06. The van der Waals surface area contributed by atoms with Gasteiger partial charge in [0, 0.05) is 19.6 Å². The molecule has 2 heterocycles. The molecule has 0 unspecified atom stereocenters. The van der Waals surface area contributed by atoms with Gasteiger partial charge in [-0.15, -0.1) is 0 Å². The fraction of sp³-hybridized carbons (Fsp3) is 0.389. The summed E-state index contributed by atoms with van der Waals surface area (Å²) in [4.78, 5) is 24.6. The van der Waals surface area contributed by atoms with Crippen molar-refractivity contribution in [3.05, 3.63) is 62.1 Å². The van der Waals surface area contributed by atoms with Crippen LogP contribution in [0.4, 0.5) is 0 Å². The number of carbonyl (C=O) groups excluding carboxylic acids is 1. The SMILES string of the molecule is CCc1n[nH]c(=O)c(C(=O)NCc2ccc3c(c2)CNC3)c1CC. The van der Waals surface area contributed by atoms with Crippen LogP contribution in [0, 0.1) is 0 Å². The quantitative estimate of drug-likeness (QED) is 0.776. The van der Waals surface area contributed by atoms with E-state index in [9.17, 15) is 9.59 Å². The van der Waals surface area contributed by atoms with Crippen molar-refractivity contribution in [1.82, 2.24) is 20.8 Å². The van der Waals surface area contributed by atoms with Crippen molar-refractivity contribution in [2.24, 2.45) is 0 Å². The van der Waals surface area contributed by atoms with Crippen molar-refractivity contribution in [3.8, 4) is 0 Å². The molecule has 6 nitrogen and oxygen atoms in total. The van der Waals surface area contributed by atoms with Crippen molar-refractivity contribution in [3.63, 3.8) is 0 Å². The Bertz CT molecular complexity index is 826. The second kappa shape index (κ2) is 6.97. The van der Waals surface area contributed by atoms with E-state index in [1.54, 1.807) is 0 Å². The molecule has 1 aliphatic heterocycles. The summed E-state index contributed by atoms with van der Waals surface area (Å²) >= 11 is 0. The monoisotopic (exact) mass is 326 g/mol. The highest BCUT2D eigenvalue weighted by Gasteiger charge is 2.19. The molecule has 0 spiro atoms. The molecule has 0 saturated heterocycles. The van der Waals surface area contributed by atoms with Crippen molar-refractivity contribution >= 4 is 5.91 Å². The van der Waals surface area contributed by atoms with Crippen LogP contribution in [-0.2, 0) is 32.5 Å². The van der Waals surface area contributed by atoms with Gasteiger partial charge < -0.3 is 10.6 Å². The first-order chi connectivity index (χ1) is 11.6. The van der Waals surface area contributed by atoms with Gasteiger partial charge in [0.1, 0.15) is 5.56 Å². The second-order valence-electron chi connectivity index (χ2n) is 5.95. The van der Waals surface area contributed by atoms with Crippen LogP contribution in [-0.4, -0.2) is 16.1 Å². The minimum absolute atomic E-state index is 0.187. The third-order valence-electron chi connectivity index (χ3n) is 4.44. The summed E-state index contributed by atoms with van der Waals surface area (Å²) in [5.41, 5.74) is 4.86. The predicted octanol–water partition coefficient (Wildman–Crippen LogP) is 1.43. The Morgan fingerprint density at radius 3 is 2.75 bits per heavy atom. The number of benzene rings is 1. The Kier molecular flexibility index (Phi) is 4.76. The molecule has 2 aromatic rings. The molecule has 0 bridgehead atoms. The van der Waals surface area contributed by atoms with E-state index in [-0.39, 0.29) is 11.5 Å². The molecule has 1 aromatic carbocycles. The Balaban J connectivity index is 1.79. The molecule has 1 amide bonds. The zero-order valence-corrected chi connectivity index (χ0v) is 14.0. The van der Waals surface area contributed by atoms with Crippen LogP contribution in [0.25, 0.3) is 0 Å². The first-order valence-electron chi connectivity index (χ1n) is 8.34. The fourth-order valence-corrected chi connectivity index (χ4v) is 3.17. The smallest absolute Gasteiger partial charge is 0.277 e. The highest BCUT2D eigenvalue weighted by molar-refractivity contribution is 5.95. The van der Waals surface area contributed by atoms with E-state index in [4.69, 9.17) is 0 Å². The highest BCUT2D eigenvalue weighted by Crippen LogP contribution is 2.17. The van der Waals surface area contributed by atoms with Crippen LogP contribution in [0.5, 0.6) is 0 Å². The van der Waals surface area contributed by atoms with Crippen LogP contribution in [0.15, 0.2) is 23.0 Å². The maximum absolute atomic E-state index is 12.5. The van der Waals surface area contributed by atoms with Crippen LogP contribution >= 0.6 is 0 Å². The Hall–Kier alpha value is -2.47. The van der Waals surface area contributed by atoms with Crippen LogP contribution in [0.2, 0.25) is 0 Å². The number of nitrogens with one attached hydrogen (secondary N) is 3.